The lowest BCUT2D eigenvalue weighted by Crippen LogP contribution is -2.05. The Bertz CT molecular complexity index is 387. The molecule has 0 aliphatic rings. The molecule has 0 aliphatic heterocycles. The number of rotatable bonds is 4. The monoisotopic (exact) mass is 251 g/mol. The highest BCUT2D eigenvalue weighted by Crippen LogP contribution is 2.21. The fourth-order valence-electron chi connectivity index (χ4n) is 0.822. The van der Waals surface area contributed by atoms with E-state index in [-0.39, 0.29) is 0 Å². The van der Waals surface area contributed by atoms with Gasteiger partial charge in [-0.3, -0.25) is 4.72 Å². The Morgan fingerprint density at radius 1 is 1.36 bits per heavy atom. The van der Waals surface area contributed by atoms with Crippen LogP contribution in [0, 0.1) is 0 Å². The van der Waals surface area contributed by atoms with Gasteiger partial charge in [0.25, 0.3) is 9.06 Å². The van der Waals surface area contributed by atoms with Gasteiger partial charge in [-0.2, -0.15) is 8.42 Å². The predicted octanol–water partition coefficient (Wildman–Crippen LogP) is 1.93. The van der Waals surface area contributed by atoms with E-state index < -0.39 is 9.06 Å². The first-order valence-corrected chi connectivity index (χ1v) is 7.44. The third-order valence-electron chi connectivity index (χ3n) is 1.43. The molecule has 0 heterocycles. The summed E-state index contributed by atoms with van der Waals surface area (Å²) >= 11 is 3.61. The van der Waals surface area contributed by atoms with Crippen LogP contribution in [0.25, 0.3) is 0 Å². The smallest absolute Gasteiger partial charge is 0.296 e. The number of hydrogen-bond donors (Lipinski definition) is 2. The number of methoxy groups -OCH3 is 1. The lowest BCUT2D eigenvalue weighted by Gasteiger charge is -2.05. The normalized spacial score (nSPS) is 11.0. The maximum Gasteiger partial charge on any atom is 0.296 e. The number of anilines is 1. The highest BCUT2D eigenvalue weighted by molar-refractivity contribution is 9.02. The van der Waals surface area contributed by atoms with Gasteiger partial charge in [0.05, 0.1) is 16.9 Å². The van der Waals surface area contributed by atoms with Crippen molar-refractivity contribution >= 4 is 36.2 Å². The minimum atomic E-state index is -3.40. The number of ether oxygens (including phenoxy) is 1. The van der Waals surface area contributed by atoms with E-state index in [1.165, 1.54) is 0 Å². The molecule has 0 saturated heterocycles. The zero-order chi connectivity index (χ0) is 10.6. The van der Waals surface area contributed by atoms with E-state index in [1.54, 1.807) is 31.4 Å². The van der Waals surface area contributed by atoms with Crippen LogP contribution in [0.2, 0.25) is 0 Å². The van der Waals surface area contributed by atoms with E-state index in [9.17, 15) is 8.42 Å². The van der Waals surface area contributed by atoms with Crippen molar-refractivity contribution in [3.05, 3.63) is 24.3 Å². The summed E-state index contributed by atoms with van der Waals surface area (Å²) in [6.07, 6.45) is 0. The van der Waals surface area contributed by atoms with Gasteiger partial charge in [-0.15, -0.1) is 0 Å². The van der Waals surface area contributed by atoms with Crippen molar-refractivity contribution in [3.63, 3.8) is 0 Å². The van der Waals surface area contributed by atoms with Crippen LogP contribution >= 0.6 is 21.5 Å². The molecule has 14 heavy (non-hydrogen) atoms. The first-order valence-electron chi connectivity index (χ1n) is 3.57. The summed E-state index contributed by atoms with van der Waals surface area (Å²) in [5.41, 5.74) is 0.479. The van der Waals surface area contributed by atoms with Crippen molar-refractivity contribution in [3.8, 4) is 5.75 Å². The second-order valence-corrected chi connectivity index (χ2v) is 6.73. The number of nitrogens with one attached hydrogen (secondary N) is 1. The fraction of sp³-hybridized carbons (Fsp3) is 0.143. The molecule has 7 heteroatoms. The molecule has 0 bridgehead atoms. The Labute approximate surface area is 91.3 Å². The number of benzene rings is 1. The largest absolute Gasteiger partial charge is 0.497 e. The van der Waals surface area contributed by atoms with E-state index in [0.717, 1.165) is 0 Å². The van der Waals surface area contributed by atoms with Crippen LogP contribution in [0.5, 0.6) is 5.75 Å². The molecule has 0 aromatic heterocycles. The van der Waals surface area contributed by atoms with Gasteiger partial charge in [0.1, 0.15) is 5.75 Å². The second kappa shape index (κ2) is 4.81. The van der Waals surface area contributed by atoms with E-state index in [2.05, 4.69) is 16.4 Å². The minimum absolute atomic E-state index is 0.456. The molecule has 1 rings (SSSR count). The molecule has 0 unspecified atom stereocenters. The molecular formula is C7H9NO3S3. The maximum atomic E-state index is 11.1. The van der Waals surface area contributed by atoms with Crippen LogP contribution in [0.3, 0.4) is 0 Å². The summed E-state index contributed by atoms with van der Waals surface area (Å²) in [5.74, 6) is 0.673. The quantitative estimate of drug-likeness (QED) is 0.634. The van der Waals surface area contributed by atoms with E-state index >= 15 is 0 Å². The Morgan fingerprint density at radius 2 is 1.93 bits per heavy atom. The van der Waals surface area contributed by atoms with Gasteiger partial charge in [0.15, 0.2) is 0 Å². The molecule has 0 aliphatic carbocycles. The third kappa shape index (κ3) is 3.32. The Kier molecular flexibility index (Phi) is 3.97. The molecule has 0 fully saturated rings. The molecule has 0 saturated carbocycles. The molecule has 78 valence electrons. The molecule has 4 nitrogen and oxygen atoms in total. The lowest BCUT2D eigenvalue weighted by molar-refractivity contribution is 0.415. The number of hydrogen-bond acceptors (Lipinski definition) is 5. The van der Waals surface area contributed by atoms with Crippen molar-refractivity contribution < 1.29 is 13.2 Å². The molecule has 1 aromatic carbocycles. The third-order valence-corrected chi connectivity index (χ3v) is 4.72. The summed E-state index contributed by atoms with van der Waals surface area (Å²) in [7, 11) is -1.40. The van der Waals surface area contributed by atoms with Crippen LogP contribution in [-0.2, 0) is 9.06 Å². The van der Waals surface area contributed by atoms with Crippen molar-refractivity contribution in [2.75, 3.05) is 11.8 Å². The van der Waals surface area contributed by atoms with Gasteiger partial charge in [-0.05, 0) is 24.3 Å². The summed E-state index contributed by atoms with van der Waals surface area (Å²) in [6, 6.07) is 6.56. The zero-order valence-electron chi connectivity index (χ0n) is 7.30. The van der Waals surface area contributed by atoms with E-state index in [1.807, 2.05) is 0 Å². The Hall–Kier alpha value is -0.530. The predicted molar refractivity (Wildman–Crippen MR) is 62.1 cm³/mol. The summed E-state index contributed by atoms with van der Waals surface area (Å²) in [4.78, 5) is 0. The van der Waals surface area contributed by atoms with Gasteiger partial charge in [-0.1, -0.05) is 11.7 Å². The molecule has 0 amide bonds. The highest BCUT2D eigenvalue weighted by atomic mass is 33.5. The van der Waals surface area contributed by atoms with Gasteiger partial charge < -0.3 is 4.74 Å². The topological polar surface area (TPSA) is 55.4 Å². The van der Waals surface area contributed by atoms with E-state index in [4.69, 9.17) is 4.74 Å². The van der Waals surface area contributed by atoms with Crippen LogP contribution in [0.15, 0.2) is 24.3 Å². The SMILES string of the molecule is COc1ccc(NS(=O)(=O)SS)cc1. The summed E-state index contributed by atoms with van der Waals surface area (Å²) < 4.78 is 29.4. The molecule has 0 atom stereocenters. The van der Waals surface area contributed by atoms with Crippen molar-refractivity contribution in [1.29, 1.82) is 0 Å². The standard InChI is InChI=1S/C7H9NO3S3/c1-11-7-4-2-6(3-5-7)8-14(9,10)13-12/h2-5,8,12H,1H3. The average molecular weight is 251 g/mol. The average Bonchev–Trinajstić information content (AvgIpc) is 2.19. The van der Waals surface area contributed by atoms with Crippen molar-refractivity contribution in [2.24, 2.45) is 0 Å². The van der Waals surface area contributed by atoms with Crippen LogP contribution in [0.4, 0.5) is 5.69 Å². The molecular weight excluding hydrogens is 242 g/mol. The van der Waals surface area contributed by atoms with Crippen LogP contribution in [-0.4, -0.2) is 15.5 Å². The first kappa shape index (κ1) is 11.5. The van der Waals surface area contributed by atoms with Crippen molar-refractivity contribution in [2.45, 2.75) is 0 Å². The summed E-state index contributed by atoms with van der Waals surface area (Å²) in [6.45, 7) is 0. The first-order chi connectivity index (χ1) is 6.57. The number of thiol groups is 1. The molecule has 0 radical (unpaired) electrons. The Balaban J connectivity index is 2.79. The summed E-state index contributed by atoms with van der Waals surface area (Å²) in [5, 5.41) is 0. The fourth-order valence-corrected chi connectivity index (χ4v) is 2.02. The molecule has 1 aromatic rings. The van der Waals surface area contributed by atoms with E-state index in [0.29, 0.717) is 21.3 Å². The van der Waals surface area contributed by atoms with Crippen LogP contribution in [0.1, 0.15) is 0 Å². The van der Waals surface area contributed by atoms with Crippen LogP contribution < -0.4 is 9.46 Å². The minimum Gasteiger partial charge on any atom is -0.497 e. The second-order valence-electron chi connectivity index (χ2n) is 2.36. The highest BCUT2D eigenvalue weighted by Gasteiger charge is 2.07. The molecule has 0 spiro atoms. The zero-order valence-corrected chi connectivity index (χ0v) is 9.83. The van der Waals surface area contributed by atoms with Gasteiger partial charge >= 0.3 is 0 Å². The maximum absolute atomic E-state index is 11.1. The van der Waals surface area contributed by atoms with Gasteiger partial charge in [0, 0.05) is 5.69 Å². The van der Waals surface area contributed by atoms with Crippen molar-refractivity contribution in [1.82, 2.24) is 0 Å². The lowest BCUT2D eigenvalue weighted by atomic mass is 10.3. The van der Waals surface area contributed by atoms with Gasteiger partial charge in [0.2, 0.25) is 0 Å². The molecule has 1 N–H and O–H groups in total. The van der Waals surface area contributed by atoms with Gasteiger partial charge in [-0.25, -0.2) is 0 Å². The Morgan fingerprint density at radius 3 is 2.36 bits per heavy atom.